The van der Waals surface area contributed by atoms with Crippen LogP contribution in [0.4, 0.5) is 24.5 Å². The average molecular weight is 732 g/mol. The first-order valence-electron chi connectivity index (χ1n) is 16.0. The molecule has 1 aliphatic rings. The third-order valence-corrected chi connectivity index (χ3v) is 13.8. The first-order chi connectivity index (χ1) is 23.5. The molecule has 4 aromatic rings. The SMILES string of the molecule is COc1cc(NC(C(=O)N2CCc3c(C)cc(OC(F)(F)F)cc32)c2ccc(Cl)cc2OCCO[Si](C)(C)C(C)(C)C)cc(-n2cncn2)c1. The molecule has 1 aromatic heterocycles. The molecule has 15 heteroatoms. The number of carbonyl (C=O) groups excluding carboxylic acids is 1. The van der Waals surface area contributed by atoms with Crippen LogP contribution in [-0.4, -0.2) is 62.2 Å². The van der Waals surface area contributed by atoms with Crippen molar-refractivity contribution < 1.29 is 36.6 Å². The van der Waals surface area contributed by atoms with Gasteiger partial charge in [-0.2, -0.15) is 5.10 Å². The Morgan fingerprint density at radius 3 is 2.48 bits per heavy atom. The number of fused-ring (bicyclic) bond motifs is 1. The molecule has 1 aliphatic heterocycles. The minimum atomic E-state index is -4.89. The lowest BCUT2D eigenvalue weighted by atomic mass is 10.0. The van der Waals surface area contributed by atoms with Crippen LogP contribution >= 0.6 is 11.6 Å². The van der Waals surface area contributed by atoms with Crippen LogP contribution in [0.2, 0.25) is 23.2 Å². The summed E-state index contributed by atoms with van der Waals surface area (Å²) in [5, 5.41) is 7.97. The van der Waals surface area contributed by atoms with Crippen molar-refractivity contribution in [1.29, 1.82) is 0 Å². The van der Waals surface area contributed by atoms with Gasteiger partial charge >= 0.3 is 6.36 Å². The summed E-state index contributed by atoms with van der Waals surface area (Å²) in [5.74, 6) is 0.00656. The van der Waals surface area contributed by atoms with E-state index in [1.807, 2.05) is 0 Å². The lowest BCUT2D eigenvalue weighted by Gasteiger charge is -2.36. The number of amides is 1. The maximum atomic E-state index is 14.7. The van der Waals surface area contributed by atoms with Crippen molar-refractivity contribution in [2.45, 2.75) is 64.7 Å². The molecule has 0 spiro atoms. The maximum absolute atomic E-state index is 14.7. The Balaban J connectivity index is 1.54. The van der Waals surface area contributed by atoms with Crippen LogP contribution in [0.5, 0.6) is 17.2 Å². The van der Waals surface area contributed by atoms with E-state index < -0.39 is 32.4 Å². The van der Waals surface area contributed by atoms with E-state index in [1.165, 1.54) is 36.8 Å². The van der Waals surface area contributed by atoms with E-state index in [1.54, 1.807) is 48.0 Å². The van der Waals surface area contributed by atoms with Gasteiger partial charge in [0.2, 0.25) is 0 Å². The van der Waals surface area contributed by atoms with Crippen molar-refractivity contribution in [2.75, 3.05) is 37.1 Å². The van der Waals surface area contributed by atoms with E-state index in [-0.39, 0.29) is 18.2 Å². The molecule has 10 nitrogen and oxygen atoms in total. The second-order valence-electron chi connectivity index (χ2n) is 13.5. The number of ether oxygens (including phenoxy) is 3. The maximum Gasteiger partial charge on any atom is 0.573 e. The van der Waals surface area contributed by atoms with Gasteiger partial charge in [0.15, 0.2) is 8.32 Å². The monoisotopic (exact) mass is 731 g/mol. The van der Waals surface area contributed by atoms with E-state index in [0.29, 0.717) is 57.7 Å². The molecule has 0 aliphatic carbocycles. The molecule has 50 heavy (non-hydrogen) atoms. The Morgan fingerprint density at radius 1 is 1.06 bits per heavy atom. The molecule has 5 rings (SSSR count). The van der Waals surface area contributed by atoms with Crippen LogP contribution in [0.15, 0.2) is 61.2 Å². The predicted molar refractivity (Wildman–Crippen MR) is 188 cm³/mol. The summed E-state index contributed by atoms with van der Waals surface area (Å²) < 4.78 is 63.6. The Hall–Kier alpha value is -4.27. The first kappa shape index (κ1) is 37.0. The van der Waals surface area contributed by atoms with E-state index in [2.05, 4.69) is 54.0 Å². The number of aryl methyl sites for hydroxylation is 1. The number of methoxy groups -OCH3 is 1. The molecule has 0 saturated heterocycles. The summed E-state index contributed by atoms with van der Waals surface area (Å²) >= 11 is 6.45. The summed E-state index contributed by atoms with van der Waals surface area (Å²) in [6.07, 6.45) is -1.51. The summed E-state index contributed by atoms with van der Waals surface area (Å²) in [6, 6.07) is 11.7. The fourth-order valence-corrected chi connectivity index (χ4v) is 6.68. The second kappa shape index (κ2) is 14.5. The molecule has 1 N–H and O–H groups in total. The number of alkyl halides is 3. The molecule has 1 atom stereocenters. The standard InChI is InChI=1S/C35H41ClF3N5O5Si/c1-22-14-27(49-35(37,38)39)19-30-28(22)10-11-43(30)33(45)32(42-24-16-25(18-26(17-24)46-5)44-21-40-20-41-44)29-9-8-23(36)15-31(29)47-12-13-48-50(6,7)34(2,3)4/h8-9,14-21,32,42H,10-13H2,1-7H3. The predicted octanol–water partition coefficient (Wildman–Crippen LogP) is 8.28. The molecule has 0 bridgehead atoms. The number of carbonyl (C=O) groups is 1. The van der Waals surface area contributed by atoms with Crippen molar-refractivity contribution in [3.63, 3.8) is 0 Å². The van der Waals surface area contributed by atoms with Crippen LogP contribution in [0.3, 0.4) is 0 Å². The first-order valence-corrected chi connectivity index (χ1v) is 19.3. The minimum Gasteiger partial charge on any atom is -0.497 e. The summed E-state index contributed by atoms with van der Waals surface area (Å²) in [6.45, 7) is 13.2. The highest BCUT2D eigenvalue weighted by Gasteiger charge is 2.38. The minimum absolute atomic E-state index is 0.00680. The molecular formula is C35H41ClF3N5O5Si. The summed E-state index contributed by atoms with van der Waals surface area (Å²) in [4.78, 5) is 20.2. The van der Waals surface area contributed by atoms with Crippen LogP contribution in [0.25, 0.3) is 5.69 Å². The van der Waals surface area contributed by atoms with Crippen molar-refractivity contribution in [2.24, 2.45) is 0 Å². The molecular weight excluding hydrogens is 691 g/mol. The molecule has 3 aromatic carbocycles. The highest BCUT2D eigenvalue weighted by Crippen LogP contribution is 2.41. The quantitative estimate of drug-likeness (QED) is 0.115. The second-order valence-corrected chi connectivity index (χ2v) is 18.7. The topological polar surface area (TPSA) is 100.0 Å². The number of halogens is 4. The largest absolute Gasteiger partial charge is 0.573 e. The summed E-state index contributed by atoms with van der Waals surface area (Å²) in [7, 11) is -0.533. The average Bonchev–Trinajstić information content (AvgIpc) is 3.72. The van der Waals surface area contributed by atoms with Gasteiger partial charge in [0.1, 0.15) is 42.6 Å². The number of aromatic nitrogens is 3. The molecule has 0 radical (unpaired) electrons. The van der Waals surface area contributed by atoms with Crippen molar-refractivity contribution in [3.05, 3.63) is 82.9 Å². The third-order valence-electron chi connectivity index (χ3n) is 9.06. The smallest absolute Gasteiger partial charge is 0.497 e. The molecule has 2 heterocycles. The third kappa shape index (κ3) is 8.53. The number of anilines is 2. The Labute approximate surface area is 295 Å². The van der Waals surface area contributed by atoms with Gasteiger partial charge in [-0.25, -0.2) is 9.67 Å². The van der Waals surface area contributed by atoms with Crippen molar-refractivity contribution in [3.8, 4) is 22.9 Å². The van der Waals surface area contributed by atoms with Crippen molar-refractivity contribution in [1.82, 2.24) is 14.8 Å². The highest BCUT2D eigenvalue weighted by molar-refractivity contribution is 6.74. The Bertz CT molecular complexity index is 1830. The van der Waals surface area contributed by atoms with Gasteiger partial charge in [0, 0.05) is 41.0 Å². The fraction of sp³-hybridized carbons (Fsp3) is 0.400. The van der Waals surface area contributed by atoms with Gasteiger partial charge in [0.05, 0.1) is 25.1 Å². The van der Waals surface area contributed by atoms with Crippen LogP contribution < -0.4 is 24.4 Å². The lowest BCUT2D eigenvalue weighted by Crippen LogP contribution is -2.41. The molecule has 268 valence electrons. The number of nitrogens with one attached hydrogen (secondary N) is 1. The zero-order valence-corrected chi connectivity index (χ0v) is 30.8. The number of hydrogen-bond acceptors (Lipinski definition) is 8. The number of rotatable bonds is 12. The number of nitrogens with zero attached hydrogens (tertiary/aromatic N) is 4. The van der Waals surface area contributed by atoms with E-state index in [9.17, 15) is 18.0 Å². The molecule has 0 saturated carbocycles. The van der Waals surface area contributed by atoms with Gasteiger partial charge in [0.25, 0.3) is 5.91 Å². The van der Waals surface area contributed by atoms with Gasteiger partial charge < -0.3 is 28.9 Å². The normalized spacial score (nSPS) is 13.9. The zero-order chi connectivity index (χ0) is 36.4. The van der Waals surface area contributed by atoms with Gasteiger partial charge in [-0.15, -0.1) is 13.2 Å². The van der Waals surface area contributed by atoms with Crippen LogP contribution in [0, 0.1) is 6.92 Å². The van der Waals surface area contributed by atoms with E-state index in [0.717, 1.165) is 5.56 Å². The van der Waals surface area contributed by atoms with Gasteiger partial charge in [-0.3, -0.25) is 4.79 Å². The zero-order valence-electron chi connectivity index (χ0n) is 29.0. The fourth-order valence-electron chi connectivity index (χ4n) is 5.49. The summed E-state index contributed by atoms with van der Waals surface area (Å²) in [5.41, 5.74) is 3.27. The molecule has 1 amide bonds. The Kier molecular flexibility index (Phi) is 10.7. The number of hydrogen-bond donors (Lipinski definition) is 1. The lowest BCUT2D eigenvalue weighted by molar-refractivity contribution is -0.274. The van der Waals surface area contributed by atoms with Gasteiger partial charge in [-0.05, 0) is 66.9 Å². The Morgan fingerprint density at radius 2 is 1.82 bits per heavy atom. The van der Waals surface area contributed by atoms with Gasteiger partial charge in [-0.1, -0.05) is 38.4 Å². The highest BCUT2D eigenvalue weighted by atomic mass is 35.5. The van der Waals surface area contributed by atoms with Crippen LogP contribution in [-0.2, 0) is 15.6 Å². The number of benzene rings is 3. The van der Waals surface area contributed by atoms with E-state index in [4.69, 9.17) is 25.5 Å². The molecule has 1 unspecified atom stereocenters. The molecule has 0 fully saturated rings. The van der Waals surface area contributed by atoms with Crippen LogP contribution in [0.1, 0.15) is 43.5 Å². The van der Waals surface area contributed by atoms with E-state index >= 15 is 0 Å². The van der Waals surface area contributed by atoms with Crippen molar-refractivity contribution >= 4 is 37.2 Å².